The van der Waals surface area contributed by atoms with Crippen molar-refractivity contribution in [3.8, 4) is 0 Å². The van der Waals surface area contributed by atoms with Gasteiger partial charge in [0, 0.05) is 0 Å². The number of hydrogen-bond acceptors (Lipinski definition) is 1. The van der Waals surface area contributed by atoms with Crippen molar-refractivity contribution in [1.82, 2.24) is 4.89 Å². The van der Waals surface area contributed by atoms with Gasteiger partial charge in [-0.2, -0.15) is 0 Å². The average Bonchev–Trinajstić information content (AvgIpc) is 2.29. The van der Waals surface area contributed by atoms with Crippen molar-refractivity contribution in [3.63, 3.8) is 0 Å². The van der Waals surface area contributed by atoms with Crippen LogP contribution in [0.1, 0.15) is 0 Å². The minimum absolute atomic E-state index is 1.20. The molecule has 1 heterocycles. The van der Waals surface area contributed by atoms with Crippen molar-refractivity contribution in [1.29, 1.82) is 0 Å². The van der Waals surface area contributed by atoms with Crippen LogP contribution in [0.4, 0.5) is 0 Å². The predicted octanol–water partition coefficient (Wildman–Crippen LogP) is 2.73. The fourth-order valence-electron chi connectivity index (χ4n) is 1.85. The molecule has 14 heavy (non-hydrogen) atoms. The van der Waals surface area contributed by atoms with Crippen LogP contribution in [0.5, 0.6) is 0 Å². The van der Waals surface area contributed by atoms with E-state index in [-0.39, 0.29) is 0 Å². The summed E-state index contributed by atoms with van der Waals surface area (Å²) in [5.41, 5.74) is 0. The molecule has 0 bridgehead atoms. The molecule has 0 aliphatic carbocycles. The Morgan fingerprint density at radius 2 is 1.79 bits per heavy atom. The summed E-state index contributed by atoms with van der Waals surface area (Å²) in [6.45, 7) is 0. The molecule has 2 aromatic carbocycles. The zero-order valence-electron chi connectivity index (χ0n) is 7.64. The van der Waals surface area contributed by atoms with Crippen molar-refractivity contribution in [2.45, 2.75) is 0 Å². The normalized spacial score (nSPS) is 10.6. The maximum absolute atomic E-state index is 4.12. The summed E-state index contributed by atoms with van der Waals surface area (Å²) in [5, 5.41) is 5.06. The van der Waals surface area contributed by atoms with Crippen LogP contribution in [-0.4, -0.2) is 11.9 Å². The third kappa shape index (κ3) is 1.04. The molecule has 0 fully saturated rings. The second kappa shape index (κ2) is 2.91. The molecule has 0 N–H and O–H groups in total. The molecule has 1 aromatic heterocycles. The Morgan fingerprint density at radius 1 is 0.857 bits per heavy atom. The first-order chi connectivity index (χ1) is 6.95. The van der Waals surface area contributed by atoms with Crippen molar-refractivity contribution in [2.24, 2.45) is 0 Å². The van der Waals surface area contributed by atoms with E-state index in [2.05, 4.69) is 47.4 Å². The molecule has 0 aliphatic heterocycles. The van der Waals surface area contributed by atoms with Gasteiger partial charge in [-0.25, -0.2) is 0 Å². The zero-order valence-corrected chi connectivity index (χ0v) is 7.64. The average molecular weight is 177 g/mol. The van der Waals surface area contributed by atoms with Gasteiger partial charge in [0.25, 0.3) is 0 Å². The van der Waals surface area contributed by atoms with Crippen LogP contribution in [0.15, 0.2) is 48.7 Å². The van der Waals surface area contributed by atoms with Crippen LogP contribution in [0.2, 0.25) is 0 Å². The van der Waals surface area contributed by atoms with Gasteiger partial charge in [-0.15, -0.1) is 0 Å². The van der Waals surface area contributed by atoms with E-state index in [0.29, 0.717) is 0 Å². The Kier molecular flexibility index (Phi) is 1.60. The van der Waals surface area contributed by atoms with E-state index < -0.39 is 0 Å². The SMILES string of the molecule is b1nccc2c1ccc1ccccc12. The second-order valence-electron chi connectivity index (χ2n) is 3.38. The standard InChI is InChI=1S/C12H8BN/c1-2-4-10-9(3-1)5-6-12-11(10)7-8-14-13-12/h1-8H. The minimum atomic E-state index is 1.20. The molecule has 1 nitrogen and oxygen atoms in total. The fraction of sp³-hybridized carbons (Fsp3) is 0. The van der Waals surface area contributed by atoms with Crippen LogP contribution < -0.4 is 0 Å². The molecule has 0 spiro atoms. The van der Waals surface area contributed by atoms with Gasteiger partial charge in [0.05, 0.1) is 0 Å². The monoisotopic (exact) mass is 177 g/mol. The third-order valence-corrected chi connectivity index (χ3v) is 2.55. The summed E-state index contributed by atoms with van der Waals surface area (Å²) in [6, 6.07) is 14.7. The summed E-state index contributed by atoms with van der Waals surface area (Å²) in [4.78, 5) is 4.12. The topological polar surface area (TPSA) is 12.9 Å². The van der Waals surface area contributed by atoms with Crippen molar-refractivity contribution in [2.75, 3.05) is 0 Å². The predicted molar refractivity (Wildman–Crippen MR) is 60.6 cm³/mol. The van der Waals surface area contributed by atoms with Gasteiger partial charge in [0.2, 0.25) is 0 Å². The van der Waals surface area contributed by atoms with Gasteiger partial charge in [-0.3, -0.25) is 0 Å². The van der Waals surface area contributed by atoms with E-state index >= 15 is 0 Å². The molecule has 64 valence electrons. The number of rotatable bonds is 0. The third-order valence-electron chi connectivity index (χ3n) is 2.55. The number of benzene rings is 2. The van der Waals surface area contributed by atoms with Crippen molar-refractivity contribution in [3.05, 3.63) is 48.7 Å². The van der Waals surface area contributed by atoms with Crippen LogP contribution in [-0.2, 0) is 0 Å². The number of aromatic nitrogens is 1. The maximum atomic E-state index is 4.12. The molecule has 0 amide bonds. The van der Waals surface area contributed by atoms with E-state index in [1.165, 1.54) is 21.4 Å². The van der Waals surface area contributed by atoms with Gasteiger partial charge >= 0.3 is 82.0 Å². The van der Waals surface area contributed by atoms with E-state index in [1.807, 2.05) is 13.2 Å². The van der Waals surface area contributed by atoms with Gasteiger partial charge < -0.3 is 0 Å². The Hall–Kier alpha value is -1.70. The summed E-state index contributed by atoms with van der Waals surface area (Å²) in [6.07, 6.45) is 1.84. The Bertz CT molecular complexity index is 549. The van der Waals surface area contributed by atoms with Gasteiger partial charge in [0.1, 0.15) is 0 Å². The summed E-state index contributed by atoms with van der Waals surface area (Å²) in [5.74, 6) is 0. The second-order valence-corrected chi connectivity index (χ2v) is 3.38. The van der Waals surface area contributed by atoms with E-state index in [9.17, 15) is 0 Å². The molecule has 3 rings (SSSR count). The van der Waals surface area contributed by atoms with E-state index in [4.69, 9.17) is 0 Å². The molecule has 3 aromatic rings. The van der Waals surface area contributed by atoms with Crippen LogP contribution in [0.25, 0.3) is 21.4 Å². The summed E-state index contributed by atoms with van der Waals surface area (Å²) in [7, 11) is 1.90. The molecule has 0 unspecified atom stereocenters. The van der Waals surface area contributed by atoms with E-state index in [1.54, 1.807) is 0 Å². The first kappa shape index (κ1) is 7.68. The van der Waals surface area contributed by atoms with Gasteiger partial charge in [-0.1, -0.05) is 0 Å². The molecule has 0 saturated heterocycles. The zero-order chi connectivity index (χ0) is 9.38. The first-order valence-corrected chi connectivity index (χ1v) is 4.67. The summed E-state index contributed by atoms with van der Waals surface area (Å²) >= 11 is 0. The van der Waals surface area contributed by atoms with Gasteiger partial charge in [0.15, 0.2) is 0 Å². The molecular formula is C12H8BN. The number of hydrogen-bond donors (Lipinski definition) is 0. The number of nitrogens with zero attached hydrogens (tertiary/aromatic N) is 1. The Morgan fingerprint density at radius 3 is 2.79 bits per heavy atom. The Labute approximate surface area is 82.6 Å². The first-order valence-electron chi connectivity index (χ1n) is 4.67. The molecule has 0 radical (unpaired) electrons. The molecule has 0 atom stereocenters. The summed E-state index contributed by atoms with van der Waals surface area (Å²) < 4.78 is 0. The van der Waals surface area contributed by atoms with Crippen molar-refractivity contribution < 1.29 is 0 Å². The van der Waals surface area contributed by atoms with E-state index in [0.717, 1.165) is 0 Å². The molecule has 0 saturated carbocycles. The van der Waals surface area contributed by atoms with Crippen LogP contribution >= 0.6 is 0 Å². The Balaban J connectivity index is 2.61. The van der Waals surface area contributed by atoms with Gasteiger partial charge in [-0.05, 0) is 0 Å². The van der Waals surface area contributed by atoms with Crippen LogP contribution in [0, 0.1) is 0 Å². The molecule has 2 heteroatoms. The van der Waals surface area contributed by atoms with Crippen LogP contribution in [0.3, 0.4) is 0 Å². The quantitative estimate of drug-likeness (QED) is 0.481. The molecule has 0 aliphatic rings. The van der Waals surface area contributed by atoms with Crippen molar-refractivity contribution >= 4 is 28.5 Å². The fourth-order valence-corrected chi connectivity index (χ4v) is 1.85. The molecular weight excluding hydrogens is 169 g/mol. The number of fused-ring (bicyclic) bond motifs is 3.